The van der Waals surface area contributed by atoms with E-state index in [4.69, 9.17) is 5.11 Å². The molecular formula is C13H25NO4. The Labute approximate surface area is 109 Å². The number of carboxylic acid groups (broad SMARTS) is 1. The summed E-state index contributed by atoms with van der Waals surface area (Å²) in [5, 5.41) is 18.2. The van der Waals surface area contributed by atoms with E-state index in [1.165, 1.54) is 12.8 Å². The van der Waals surface area contributed by atoms with Crippen LogP contribution in [0.1, 0.15) is 58.8 Å². The van der Waals surface area contributed by atoms with Crippen LogP contribution in [0.25, 0.3) is 0 Å². The molecule has 5 heteroatoms. The van der Waals surface area contributed by atoms with Gasteiger partial charge in [0.1, 0.15) is 0 Å². The molecular weight excluding hydrogens is 234 g/mol. The van der Waals surface area contributed by atoms with Crippen LogP contribution in [0.5, 0.6) is 0 Å². The third-order valence-electron chi connectivity index (χ3n) is 2.75. The van der Waals surface area contributed by atoms with Crippen LogP contribution in [0, 0.1) is 5.92 Å². The van der Waals surface area contributed by atoms with Crippen molar-refractivity contribution in [3.05, 3.63) is 0 Å². The number of hydrogen-bond acceptors (Lipinski definition) is 3. The maximum absolute atomic E-state index is 11.4. The molecule has 0 bridgehead atoms. The minimum Gasteiger partial charge on any atom is -0.481 e. The SMILES string of the molecule is CC(C)CCCCCCC(=O)N(O)CCC(=O)O. The lowest BCUT2D eigenvalue weighted by Gasteiger charge is -2.13. The molecule has 0 aliphatic rings. The van der Waals surface area contributed by atoms with Crippen molar-refractivity contribution >= 4 is 11.9 Å². The number of carboxylic acids is 1. The Bertz CT molecular complexity index is 253. The summed E-state index contributed by atoms with van der Waals surface area (Å²) < 4.78 is 0. The van der Waals surface area contributed by atoms with E-state index in [9.17, 15) is 14.8 Å². The molecule has 0 saturated heterocycles. The molecule has 0 radical (unpaired) electrons. The van der Waals surface area contributed by atoms with Gasteiger partial charge in [-0.25, -0.2) is 5.06 Å². The Morgan fingerprint density at radius 1 is 1.06 bits per heavy atom. The van der Waals surface area contributed by atoms with Crippen molar-refractivity contribution in [2.24, 2.45) is 5.92 Å². The predicted octanol–water partition coefficient (Wildman–Crippen LogP) is 2.68. The zero-order valence-electron chi connectivity index (χ0n) is 11.4. The van der Waals surface area contributed by atoms with Gasteiger partial charge in [-0.15, -0.1) is 0 Å². The van der Waals surface area contributed by atoms with Crippen LogP contribution < -0.4 is 0 Å². The molecule has 106 valence electrons. The maximum Gasteiger partial charge on any atom is 0.305 e. The van der Waals surface area contributed by atoms with Gasteiger partial charge in [0.15, 0.2) is 0 Å². The number of hydrogen-bond donors (Lipinski definition) is 2. The largest absolute Gasteiger partial charge is 0.481 e. The van der Waals surface area contributed by atoms with E-state index in [1.54, 1.807) is 0 Å². The second-order valence-electron chi connectivity index (χ2n) is 5.01. The minimum absolute atomic E-state index is 0.137. The van der Waals surface area contributed by atoms with Gasteiger partial charge in [-0.3, -0.25) is 14.8 Å². The normalized spacial score (nSPS) is 10.7. The minimum atomic E-state index is -1.02. The highest BCUT2D eigenvalue weighted by Gasteiger charge is 2.11. The number of nitrogens with zero attached hydrogens (tertiary/aromatic N) is 1. The molecule has 5 nitrogen and oxygen atoms in total. The average molecular weight is 259 g/mol. The molecule has 18 heavy (non-hydrogen) atoms. The van der Waals surface area contributed by atoms with E-state index < -0.39 is 5.97 Å². The highest BCUT2D eigenvalue weighted by atomic mass is 16.5. The first kappa shape index (κ1) is 16.9. The Kier molecular flexibility index (Phi) is 9.28. The summed E-state index contributed by atoms with van der Waals surface area (Å²) in [6.45, 7) is 4.24. The molecule has 2 N–H and O–H groups in total. The average Bonchev–Trinajstić information content (AvgIpc) is 2.29. The van der Waals surface area contributed by atoms with Crippen molar-refractivity contribution in [1.82, 2.24) is 5.06 Å². The molecule has 0 aromatic rings. The molecule has 0 aliphatic carbocycles. The zero-order valence-corrected chi connectivity index (χ0v) is 11.4. The molecule has 0 unspecified atom stereocenters. The Morgan fingerprint density at radius 3 is 2.22 bits per heavy atom. The van der Waals surface area contributed by atoms with Crippen LogP contribution >= 0.6 is 0 Å². The molecule has 0 atom stereocenters. The summed E-state index contributed by atoms with van der Waals surface area (Å²) in [4.78, 5) is 21.6. The lowest BCUT2D eigenvalue weighted by molar-refractivity contribution is -0.167. The fourth-order valence-electron chi connectivity index (χ4n) is 1.64. The smallest absolute Gasteiger partial charge is 0.305 e. The molecule has 0 aromatic carbocycles. The summed E-state index contributed by atoms with van der Waals surface area (Å²) in [7, 11) is 0. The van der Waals surface area contributed by atoms with E-state index in [0.717, 1.165) is 25.2 Å². The lowest BCUT2D eigenvalue weighted by atomic mass is 10.0. The number of unbranched alkanes of at least 4 members (excludes halogenated alkanes) is 3. The van der Waals surface area contributed by atoms with Crippen molar-refractivity contribution in [2.75, 3.05) is 6.54 Å². The molecule has 0 aliphatic heterocycles. The highest BCUT2D eigenvalue weighted by molar-refractivity contribution is 5.75. The predicted molar refractivity (Wildman–Crippen MR) is 68.3 cm³/mol. The maximum atomic E-state index is 11.4. The van der Waals surface area contributed by atoms with Gasteiger partial charge in [-0.2, -0.15) is 0 Å². The number of amides is 1. The number of hydroxylamine groups is 2. The zero-order chi connectivity index (χ0) is 14.0. The summed E-state index contributed by atoms with van der Waals surface area (Å²) >= 11 is 0. The van der Waals surface area contributed by atoms with Gasteiger partial charge in [-0.05, 0) is 12.3 Å². The fraction of sp³-hybridized carbons (Fsp3) is 0.846. The number of aliphatic carboxylic acids is 1. The molecule has 0 aromatic heterocycles. The molecule has 0 saturated carbocycles. The number of rotatable bonds is 10. The molecule has 0 heterocycles. The van der Waals surface area contributed by atoms with Crippen molar-refractivity contribution in [2.45, 2.75) is 58.8 Å². The monoisotopic (exact) mass is 259 g/mol. The highest BCUT2D eigenvalue weighted by Crippen LogP contribution is 2.11. The van der Waals surface area contributed by atoms with Crippen molar-refractivity contribution < 1.29 is 19.9 Å². The first-order chi connectivity index (χ1) is 8.43. The second-order valence-corrected chi connectivity index (χ2v) is 5.01. The number of carbonyl (C=O) groups is 2. The van der Waals surface area contributed by atoms with Gasteiger partial charge >= 0.3 is 5.97 Å². The quantitative estimate of drug-likeness (QED) is 0.359. The van der Waals surface area contributed by atoms with E-state index in [2.05, 4.69) is 13.8 Å². The van der Waals surface area contributed by atoms with E-state index in [0.29, 0.717) is 5.06 Å². The Morgan fingerprint density at radius 2 is 1.67 bits per heavy atom. The molecule has 0 fully saturated rings. The lowest BCUT2D eigenvalue weighted by Crippen LogP contribution is -2.29. The molecule has 0 spiro atoms. The number of carbonyl (C=O) groups excluding carboxylic acids is 1. The summed E-state index contributed by atoms with van der Waals surface area (Å²) in [5.41, 5.74) is 0. The van der Waals surface area contributed by atoms with Crippen molar-refractivity contribution in [1.29, 1.82) is 0 Å². The van der Waals surface area contributed by atoms with Crippen LogP contribution in [0.4, 0.5) is 0 Å². The van der Waals surface area contributed by atoms with Crippen LogP contribution in [-0.2, 0) is 9.59 Å². The van der Waals surface area contributed by atoms with Gasteiger partial charge < -0.3 is 5.11 Å². The van der Waals surface area contributed by atoms with Gasteiger partial charge in [0.2, 0.25) is 5.91 Å². The van der Waals surface area contributed by atoms with Crippen molar-refractivity contribution in [3.8, 4) is 0 Å². The van der Waals surface area contributed by atoms with Crippen LogP contribution in [-0.4, -0.2) is 33.8 Å². The summed E-state index contributed by atoms with van der Waals surface area (Å²) in [6, 6.07) is 0. The molecule has 0 rings (SSSR count). The second kappa shape index (κ2) is 9.88. The molecule has 1 amide bonds. The van der Waals surface area contributed by atoms with Gasteiger partial charge in [0, 0.05) is 6.42 Å². The Balaban J connectivity index is 3.49. The third-order valence-corrected chi connectivity index (χ3v) is 2.75. The topological polar surface area (TPSA) is 77.8 Å². The van der Waals surface area contributed by atoms with E-state index in [1.807, 2.05) is 0 Å². The van der Waals surface area contributed by atoms with Crippen LogP contribution in [0.3, 0.4) is 0 Å². The van der Waals surface area contributed by atoms with Crippen LogP contribution in [0.2, 0.25) is 0 Å². The van der Waals surface area contributed by atoms with Gasteiger partial charge in [0.25, 0.3) is 0 Å². The fourth-order valence-corrected chi connectivity index (χ4v) is 1.64. The van der Waals surface area contributed by atoms with E-state index in [-0.39, 0.29) is 25.3 Å². The van der Waals surface area contributed by atoms with Crippen molar-refractivity contribution in [3.63, 3.8) is 0 Å². The Hall–Kier alpha value is -1.10. The summed E-state index contributed by atoms with van der Waals surface area (Å²) in [6.07, 6.45) is 5.28. The standard InChI is InChI=1S/C13H25NO4/c1-11(2)7-5-3-4-6-8-12(15)14(18)10-9-13(16)17/h11,18H,3-10H2,1-2H3,(H,16,17). The summed E-state index contributed by atoms with van der Waals surface area (Å²) in [5.74, 6) is -0.689. The third kappa shape index (κ3) is 10.1. The first-order valence-corrected chi connectivity index (χ1v) is 6.64. The first-order valence-electron chi connectivity index (χ1n) is 6.64. The van der Waals surface area contributed by atoms with Crippen LogP contribution in [0.15, 0.2) is 0 Å². The van der Waals surface area contributed by atoms with Gasteiger partial charge in [-0.1, -0.05) is 39.5 Å². The van der Waals surface area contributed by atoms with E-state index >= 15 is 0 Å². The van der Waals surface area contributed by atoms with Gasteiger partial charge in [0.05, 0.1) is 13.0 Å².